The molecule has 0 aliphatic rings. The highest BCUT2D eigenvalue weighted by molar-refractivity contribution is 5.71. The summed E-state index contributed by atoms with van der Waals surface area (Å²) in [6.07, 6.45) is 0.255. The summed E-state index contributed by atoms with van der Waals surface area (Å²) >= 11 is 0. The molecule has 0 heterocycles. The third kappa shape index (κ3) is 5.54. The molecule has 5 heteroatoms. The first-order chi connectivity index (χ1) is 11.8. The van der Waals surface area contributed by atoms with Crippen molar-refractivity contribution in [3.05, 3.63) is 53.6 Å². The molecule has 2 aromatic rings. The van der Waals surface area contributed by atoms with Crippen LogP contribution in [-0.2, 0) is 11.2 Å². The number of amides is 1. The average Bonchev–Trinajstić information content (AvgIpc) is 2.54. The average molecular weight is 338 g/mol. The Morgan fingerprint density at radius 3 is 2.44 bits per heavy atom. The fourth-order valence-corrected chi connectivity index (χ4v) is 2.32. The summed E-state index contributed by atoms with van der Waals surface area (Å²) in [6.45, 7) is 5.95. The standard InChI is InChI=1S/C20H22N2O3/c1-20(2,3)25-19(24)22-11-10-14-4-7-16(8-5-14)17-9-6-15(13-21)12-18(17)23/h4-9,12,23H,10-11H2,1-3H3,(H,22,24). The molecule has 0 radical (unpaired) electrons. The van der Waals surface area contributed by atoms with E-state index in [0.717, 1.165) is 11.1 Å². The second-order valence-corrected chi connectivity index (χ2v) is 6.72. The van der Waals surface area contributed by atoms with Crippen molar-refractivity contribution in [2.24, 2.45) is 0 Å². The highest BCUT2D eigenvalue weighted by Gasteiger charge is 2.15. The summed E-state index contributed by atoms with van der Waals surface area (Å²) in [5, 5.41) is 21.6. The fourth-order valence-electron chi connectivity index (χ4n) is 2.32. The molecule has 1 amide bonds. The van der Waals surface area contributed by atoms with Crippen LogP contribution in [0.5, 0.6) is 5.75 Å². The molecule has 0 saturated heterocycles. The van der Waals surface area contributed by atoms with E-state index in [1.54, 1.807) is 12.1 Å². The number of nitrogens with one attached hydrogen (secondary N) is 1. The number of alkyl carbamates (subject to hydrolysis) is 1. The lowest BCUT2D eigenvalue weighted by atomic mass is 10.0. The molecular formula is C20H22N2O3. The van der Waals surface area contributed by atoms with Crippen molar-refractivity contribution in [1.29, 1.82) is 5.26 Å². The van der Waals surface area contributed by atoms with E-state index >= 15 is 0 Å². The molecule has 0 atom stereocenters. The number of benzene rings is 2. The molecule has 0 aliphatic heterocycles. The second-order valence-electron chi connectivity index (χ2n) is 6.72. The van der Waals surface area contributed by atoms with E-state index in [1.807, 2.05) is 51.1 Å². The van der Waals surface area contributed by atoms with Gasteiger partial charge in [-0.3, -0.25) is 0 Å². The van der Waals surface area contributed by atoms with Crippen molar-refractivity contribution in [2.75, 3.05) is 6.54 Å². The van der Waals surface area contributed by atoms with Gasteiger partial charge in [0.05, 0.1) is 11.6 Å². The first kappa shape index (κ1) is 18.3. The van der Waals surface area contributed by atoms with Gasteiger partial charge in [-0.05, 0) is 56.5 Å². The molecule has 0 saturated carbocycles. The summed E-state index contributed by atoms with van der Waals surface area (Å²) in [4.78, 5) is 11.6. The van der Waals surface area contributed by atoms with Crippen LogP contribution in [0.15, 0.2) is 42.5 Å². The summed E-state index contributed by atoms with van der Waals surface area (Å²) < 4.78 is 5.18. The number of carbonyl (C=O) groups is 1. The fraction of sp³-hybridized carbons (Fsp3) is 0.300. The summed E-state index contributed by atoms with van der Waals surface area (Å²) in [6, 6.07) is 14.6. The maximum atomic E-state index is 11.6. The lowest BCUT2D eigenvalue weighted by molar-refractivity contribution is 0.0528. The van der Waals surface area contributed by atoms with Gasteiger partial charge in [0.15, 0.2) is 0 Å². The van der Waals surface area contributed by atoms with Crippen LogP contribution < -0.4 is 5.32 Å². The van der Waals surface area contributed by atoms with E-state index in [2.05, 4.69) is 5.32 Å². The minimum absolute atomic E-state index is 0.0818. The van der Waals surface area contributed by atoms with Gasteiger partial charge in [0, 0.05) is 12.1 Å². The first-order valence-electron chi connectivity index (χ1n) is 8.08. The highest BCUT2D eigenvalue weighted by Crippen LogP contribution is 2.30. The molecule has 2 aromatic carbocycles. The molecule has 130 valence electrons. The normalized spacial score (nSPS) is 10.8. The van der Waals surface area contributed by atoms with Crippen molar-refractivity contribution in [3.63, 3.8) is 0 Å². The Morgan fingerprint density at radius 2 is 1.88 bits per heavy atom. The van der Waals surface area contributed by atoms with Crippen molar-refractivity contribution >= 4 is 6.09 Å². The number of ether oxygens (including phenoxy) is 1. The Balaban J connectivity index is 1.94. The van der Waals surface area contributed by atoms with Gasteiger partial charge in [-0.1, -0.05) is 24.3 Å². The second kappa shape index (κ2) is 7.71. The van der Waals surface area contributed by atoms with E-state index in [9.17, 15) is 9.90 Å². The molecule has 0 aromatic heterocycles. The summed E-state index contributed by atoms with van der Waals surface area (Å²) in [5.41, 5.74) is 2.52. The predicted molar refractivity (Wildman–Crippen MR) is 96.2 cm³/mol. The number of aromatic hydroxyl groups is 1. The van der Waals surface area contributed by atoms with Crippen LogP contribution in [0.4, 0.5) is 4.79 Å². The molecule has 0 spiro atoms. The van der Waals surface area contributed by atoms with Crippen LogP contribution in [0.2, 0.25) is 0 Å². The molecule has 5 nitrogen and oxygen atoms in total. The molecule has 25 heavy (non-hydrogen) atoms. The molecule has 0 unspecified atom stereocenters. The van der Waals surface area contributed by atoms with Crippen molar-refractivity contribution in [2.45, 2.75) is 32.8 Å². The zero-order valence-corrected chi connectivity index (χ0v) is 14.7. The monoisotopic (exact) mass is 338 g/mol. The van der Waals surface area contributed by atoms with Crippen molar-refractivity contribution < 1.29 is 14.6 Å². The molecule has 2 rings (SSSR count). The SMILES string of the molecule is CC(C)(C)OC(=O)NCCc1ccc(-c2ccc(C#N)cc2O)cc1. The number of nitrogens with zero attached hydrogens (tertiary/aromatic N) is 1. The largest absolute Gasteiger partial charge is 0.507 e. The summed E-state index contributed by atoms with van der Waals surface area (Å²) in [5.74, 6) is 0.0818. The molecule has 0 aliphatic carbocycles. The minimum atomic E-state index is -0.505. The molecule has 0 fully saturated rings. The Hall–Kier alpha value is -3.00. The van der Waals surface area contributed by atoms with Gasteiger partial charge in [-0.15, -0.1) is 0 Å². The smallest absolute Gasteiger partial charge is 0.407 e. The molecular weight excluding hydrogens is 316 g/mol. The van der Waals surface area contributed by atoms with E-state index in [1.165, 1.54) is 6.07 Å². The van der Waals surface area contributed by atoms with E-state index in [0.29, 0.717) is 24.1 Å². The Labute approximate surface area is 147 Å². The maximum Gasteiger partial charge on any atom is 0.407 e. The first-order valence-corrected chi connectivity index (χ1v) is 8.08. The van der Waals surface area contributed by atoms with Gasteiger partial charge in [0.25, 0.3) is 0 Å². The molecule has 2 N–H and O–H groups in total. The van der Waals surface area contributed by atoms with Crippen LogP contribution in [0, 0.1) is 11.3 Å². The Kier molecular flexibility index (Phi) is 5.66. The van der Waals surface area contributed by atoms with Gasteiger partial charge in [0.2, 0.25) is 0 Å². The quantitative estimate of drug-likeness (QED) is 0.883. The third-order valence-corrected chi connectivity index (χ3v) is 3.47. The number of nitriles is 1. The lowest BCUT2D eigenvalue weighted by Crippen LogP contribution is -2.33. The zero-order valence-electron chi connectivity index (χ0n) is 14.7. The lowest BCUT2D eigenvalue weighted by Gasteiger charge is -2.19. The minimum Gasteiger partial charge on any atom is -0.507 e. The number of hydrogen-bond acceptors (Lipinski definition) is 4. The van der Waals surface area contributed by atoms with Gasteiger partial charge in [-0.2, -0.15) is 5.26 Å². The van der Waals surface area contributed by atoms with Gasteiger partial charge in [0.1, 0.15) is 11.4 Å². The number of phenols is 1. The van der Waals surface area contributed by atoms with Crippen molar-refractivity contribution in [3.8, 4) is 22.9 Å². The summed E-state index contributed by atoms with van der Waals surface area (Å²) in [7, 11) is 0. The van der Waals surface area contributed by atoms with Crippen molar-refractivity contribution in [1.82, 2.24) is 5.32 Å². The van der Waals surface area contributed by atoms with E-state index in [4.69, 9.17) is 10.00 Å². The third-order valence-electron chi connectivity index (χ3n) is 3.47. The van der Waals surface area contributed by atoms with E-state index in [-0.39, 0.29) is 5.75 Å². The number of hydrogen-bond donors (Lipinski definition) is 2. The van der Waals surface area contributed by atoms with E-state index < -0.39 is 11.7 Å². The van der Waals surface area contributed by atoms with Gasteiger partial charge >= 0.3 is 6.09 Å². The Bertz CT molecular complexity index is 784. The Morgan fingerprint density at radius 1 is 1.20 bits per heavy atom. The predicted octanol–water partition coefficient (Wildman–Crippen LogP) is 4.00. The highest BCUT2D eigenvalue weighted by atomic mass is 16.6. The van der Waals surface area contributed by atoms with Crippen LogP contribution >= 0.6 is 0 Å². The number of phenolic OH excluding ortho intramolecular Hbond substituents is 1. The van der Waals surface area contributed by atoms with Crippen LogP contribution in [0.1, 0.15) is 31.9 Å². The van der Waals surface area contributed by atoms with Gasteiger partial charge in [-0.25, -0.2) is 4.79 Å². The topological polar surface area (TPSA) is 82.3 Å². The van der Waals surface area contributed by atoms with Crippen LogP contribution in [0.3, 0.4) is 0 Å². The molecule has 0 bridgehead atoms. The zero-order chi connectivity index (χ0) is 18.4. The number of rotatable bonds is 4. The van der Waals surface area contributed by atoms with Gasteiger partial charge < -0.3 is 15.2 Å². The number of carbonyl (C=O) groups excluding carboxylic acids is 1. The van der Waals surface area contributed by atoms with Crippen LogP contribution in [0.25, 0.3) is 11.1 Å². The maximum absolute atomic E-state index is 11.6. The van der Waals surface area contributed by atoms with Crippen LogP contribution in [-0.4, -0.2) is 23.3 Å².